The summed E-state index contributed by atoms with van der Waals surface area (Å²) in [6, 6.07) is 18.1. The van der Waals surface area contributed by atoms with Gasteiger partial charge in [0.05, 0.1) is 0 Å². The van der Waals surface area contributed by atoms with Gasteiger partial charge >= 0.3 is 6.09 Å². The minimum atomic E-state index is -1.15. The van der Waals surface area contributed by atoms with Crippen molar-refractivity contribution in [1.29, 1.82) is 0 Å². The lowest BCUT2D eigenvalue weighted by Gasteiger charge is -2.32. The molecule has 2 amide bonds. The summed E-state index contributed by atoms with van der Waals surface area (Å²) in [5.74, 6) is 1.05. The molecule has 6 nitrogen and oxygen atoms in total. The second kappa shape index (κ2) is 10.1. The van der Waals surface area contributed by atoms with Gasteiger partial charge in [0, 0.05) is 30.1 Å². The van der Waals surface area contributed by atoms with E-state index in [9.17, 15) is 9.59 Å². The number of para-hydroxylation sites is 1. The van der Waals surface area contributed by atoms with E-state index in [-0.39, 0.29) is 12.0 Å². The average Bonchev–Trinajstić information content (AvgIpc) is 3.45. The monoisotopic (exact) mass is 473 g/mol. The molecule has 3 aromatic rings. The van der Waals surface area contributed by atoms with Crippen molar-refractivity contribution in [3.63, 3.8) is 0 Å². The van der Waals surface area contributed by atoms with Crippen molar-refractivity contribution >= 4 is 22.9 Å². The molecule has 1 heterocycles. The van der Waals surface area contributed by atoms with Crippen molar-refractivity contribution in [1.82, 2.24) is 15.6 Å². The van der Waals surface area contributed by atoms with Crippen molar-refractivity contribution in [2.45, 2.75) is 63.5 Å². The number of fused-ring (bicyclic) bond motifs is 3. The summed E-state index contributed by atoms with van der Waals surface area (Å²) in [5.41, 5.74) is 2.00. The molecule has 3 N–H and O–H groups in total. The molecule has 0 aliphatic heterocycles. The first-order chi connectivity index (χ1) is 17.0. The maximum absolute atomic E-state index is 13.5. The molecule has 2 bridgehead atoms. The number of carbonyl (C=O) groups excluding carboxylic acids is 2. The highest BCUT2D eigenvalue weighted by molar-refractivity contribution is 5.91. The lowest BCUT2D eigenvalue weighted by atomic mass is 9.87. The van der Waals surface area contributed by atoms with Crippen molar-refractivity contribution in [3.05, 3.63) is 71.9 Å². The molecule has 0 radical (unpaired) electrons. The van der Waals surface area contributed by atoms with Gasteiger partial charge in [-0.25, -0.2) is 4.79 Å². The normalized spacial score (nSPS) is 22.9. The number of hydrogen-bond acceptors (Lipinski definition) is 3. The number of benzene rings is 2. The molecule has 2 saturated carbocycles. The van der Waals surface area contributed by atoms with E-state index in [2.05, 4.69) is 15.6 Å². The molecule has 184 valence electrons. The number of H-pyrrole nitrogens is 1. The summed E-state index contributed by atoms with van der Waals surface area (Å²) in [6.07, 6.45) is 8.05. The number of aromatic amines is 1. The Hall–Kier alpha value is -3.28. The Labute approximate surface area is 206 Å². The van der Waals surface area contributed by atoms with Gasteiger partial charge in [-0.2, -0.15) is 0 Å². The Balaban J connectivity index is 1.29. The maximum atomic E-state index is 13.5. The average molecular weight is 474 g/mol. The summed E-state index contributed by atoms with van der Waals surface area (Å²) in [5, 5.41) is 7.06. The van der Waals surface area contributed by atoms with Crippen molar-refractivity contribution in [2.75, 3.05) is 6.54 Å². The van der Waals surface area contributed by atoms with Crippen LogP contribution in [-0.2, 0) is 22.4 Å². The molecule has 5 rings (SSSR count). The molecular formula is C29H35N3O3. The number of hydrogen-bond donors (Lipinski definition) is 3. The summed E-state index contributed by atoms with van der Waals surface area (Å²) in [7, 11) is 0. The van der Waals surface area contributed by atoms with Crippen LogP contribution >= 0.6 is 0 Å². The number of amides is 2. The van der Waals surface area contributed by atoms with Crippen LogP contribution in [0.5, 0.6) is 0 Å². The lowest BCUT2D eigenvalue weighted by Crippen LogP contribution is -2.59. The molecule has 2 aromatic carbocycles. The van der Waals surface area contributed by atoms with Crippen molar-refractivity contribution in [3.8, 4) is 0 Å². The Morgan fingerprint density at radius 1 is 1.03 bits per heavy atom. The van der Waals surface area contributed by atoms with Gasteiger partial charge in [-0.15, -0.1) is 0 Å². The second-order valence-electron chi connectivity index (χ2n) is 10.4. The third-order valence-corrected chi connectivity index (χ3v) is 7.87. The van der Waals surface area contributed by atoms with Crippen LogP contribution < -0.4 is 10.6 Å². The second-order valence-corrected chi connectivity index (χ2v) is 10.4. The molecule has 2 aliphatic rings. The zero-order chi connectivity index (χ0) is 24.3. The molecule has 1 aromatic heterocycles. The molecular weight excluding hydrogens is 438 g/mol. The van der Waals surface area contributed by atoms with Crippen LogP contribution in [0.15, 0.2) is 60.8 Å². The van der Waals surface area contributed by atoms with Gasteiger partial charge in [0.25, 0.3) is 0 Å². The van der Waals surface area contributed by atoms with Crippen molar-refractivity contribution < 1.29 is 14.3 Å². The first-order valence-electron chi connectivity index (χ1n) is 12.9. The lowest BCUT2D eigenvalue weighted by molar-refractivity contribution is -0.127. The van der Waals surface area contributed by atoms with Crippen LogP contribution in [0.3, 0.4) is 0 Å². The fraction of sp³-hybridized carbons (Fsp3) is 0.448. The van der Waals surface area contributed by atoms with Gasteiger partial charge in [0.1, 0.15) is 11.6 Å². The minimum absolute atomic E-state index is 0.0489. The Morgan fingerprint density at radius 3 is 2.66 bits per heavy atom. The van der Waals surface area contributed by atoms with Crippen LogP contribution in [0.2, 0.25) is 0 Å². The molecule has 0 saturated heterocycles. The molecule has 35 heavy (non-hydrogen) atoms. The van der Waals surface area contributed by atoms with E-state index in [1.165, 1.54) is 6.42 Å². The van der Waals surface area contributed by atoms with Crippen LogP contribution in [0.1, 0.15) is 50.2 Å². The first-order valence-corrected chi connectivity index (χ1v) is 12.9. The van der Waals surface area contributed by atoms with Crippen LogP contribution in [0.25, 0.3) is 10.9 Å². The van der Waals surface area contributed by atoms with Gasteiger partial charge < -0.3 is 20.4 Å². The molecule has 2 aliphatic carbocycles. The van der Waals surface area contributed by atoms with Gasteiger partial charge in [-0.1, -0.05) is 55.0 Å². The number of aromatic nitrogens is 1. The summed E-state index contributed by atoms with van der Waals surface area (Å²) < 4.78 is 5.91. The zero-order valence-corrected chi connectivity index (χ0v) is 20.4. The first kappa shape index (κ1) is 23.5. The van der Waals surface area contributed by atoms with Gasteiger partial charge in [0.2, 0.25) is 5.91 Å². The molecule has 4 atom stereocenters. The number of ether oxygens (including phenoxy) is 1. The Morgan fingerprint density at radius 2 is 1.80 bits per heavy atom. The Kier molecular flexibility index (Phi) is 6.80. The van der Waals surface area contributed by atoms with E-state index in [0.29, 0.717) is 18.9 Å². The van der Waals surface area contributed by atoms with Crippen molar-refractivity contribution in [2.24, 2.45) is 11.8 Å². The van der Waals surface area contributed by atoms with Gasteiger partial charge in [-0.3, -0.25) is 4.79 Å². The SMILES string of the molecule is C[C@](Cc1c[nH]c2ccccc12)(NC(=O)OC1CCC2CCC1C2)C(=O)NCCc1ccccc1. The van der Waals surface area contributed by atoms with Crippen LogP contribution in [0.4, 0.5) is 4.79 Å². The quantitative estimate of drug-likeness (QED) is 0.424. The van der Waals surface area contributed by atoms with E-state index in [1.807, 2.05) is 60.8 Å². The molecule has 0 spiro atoms. The van der Waals surface area contributed by atoms with E-state index >= 15 is 0 Å². The van der Waals surface area contributed by atoms with Crippen LogP contribution in [-0.4, -0.2) is 35.2 Å². The topological polar surface area (TPSA) is 83.2 Å². The van der Waals surface area contributed by atoms with Gasteiger partial charge in [0.15, 0.2) is 0 Å². The predicted octanol–water partition coefficient (Wildman–Crippen LogP) is 5.13. The summed E-state index contributed by atoms with van der Waals surface area (Å²) in [4.78, 5) is 29.8. The highest BCUT2D eigenvalue weighted by Crippen LogP contribution is 2.43. The van der Waals surface area contributed by atoms with Gasteiger partial charge in [-0.05, 0) is 68.1 Å². The fourth-order valence-electron chi connectivity index (χ4n) is 5.90. The largest absolute Gasteiger partial charge is 0.446 e. The standard InChI is InChI=1S/C29H35N3O3/c1-29(18-23-19-31-25-10-6-5-9-24(23)25,27(33)30-16-15-20-7-3-2-4-8-20)32-28(34)35-26-14-12-21-11-13-22(26)17-21/h2-10,19,21-22,26,31H,11-18H2,1H3,(H,30,33)(H,32,34)/t21?,22?,26?,29-/m1/s1. The summed E-state index contributed by atoms with van der Waals surface area (Å²) >= 11 is 0. The van der Waals surface area contributed by atoms with E-state index < -0.39 is 11.6 Å². The third kappa shape index (κ3) is 5.37. The fourth-order valence-corrected chi connectivity index (χ4v) is 5.90. The summed E-state index contributed by atoms with van der Waals surface area (Å²) in [6.45, 7) is 2.29. The smallest absolute Gasteiger partial charge is 0.408 e. The molecule has 6 heteroatoms. The predicted molar refractivity (Wildman–Crippen MR) is 137 cm³/mol. The van der Waals surface area contributed by atoms with E-state index in [0.717, 1.165) is 60.1 Å². The number of alkyl carbamates (subject to hydrolysis) is 1. The van der Waals surface area contributed by atoms with Crippen LogP contribution in [0, 0.1) is 11.8 Å². The highest BCUT2D eigenvalue weighted by atomic mass is 16.6. The zero-order valence-electron chi connectivity index (χ0n) is 20.4. The van der Waals surface area contributed by atoms with E-state index in [1.54, 1.807) is 6.92 Å². The maximum Gasteiger partial charge on any atom is 0.408 e. The van der Waals surface area contributed by atoms with E-state index in [4.69, 9.17) is 4.74 Å². The Bertz CT molecular complexity index is 1170. The third-order valence-electron chi connectivity index (χ3n) is 7.87. The highest BCUT2D eigenvalue weighted by Gasteiger charge is 2.40. The molecule has 3 unspecified atom stereocenters. The number of nitrogens with one attached hydrogen (secondary N) is 3. The minimum Gasteiger partial charge on any atom is -0.446 e. The molecule has 2 fully saturated rings. The number of carbonyl (C=O) groups is 2. The number of rotatable bonds is 8.